The van der Waals surface area contributed by atoms with Gasteiger partial charge in [-0.25, -0.2) is 4.39 Å². The summed E-state index contributed by atoms with van der Waals surface area (Å²) in [6.45, 7) is 1.73. The van der Waals surface area contributed by atoms with Gasteiger partial charge in [0, 0.05) is 15.8 Å². The highest BCUT2D eigenvalue weighted by atomic mass is 79.9. The number of rotatable bonds is 3. The molecular formula is C13H11BrFNOS. The first kappa shape index (κ1) is 13.2. The maximum absolute atomic E-state index is 13.7. The number of nitrogens with zero attached hydrogens (tertiary/aromatic N) is 1. The number of hydrogen-bond donors (Lipinski definition) is 1. The van der Waals surface area contributed by atoms with Crippen molar-refractivity contribution in [2.24, 2.45) is 5.16 Å². The Balaban J connectivity index is 2.26. The van der Waals surface area contributed by atoms with Gasteiger partial charge in [0.1, 0.15) is 5.82 Å². The Hall–Kier alpha value is -1.20. The minimum absolute atomic E-state index is 0.210. The predicted octanol–water partition coefficient (Wildman–Crippen LogP) is 4.38. The van der Waals surface area contributed by atoms with E-state index in [0.717, 1.165) is 10.0 Å². The van der Waals surface area contributed by atoms with Crippen LogP contribution in [0.5, 0.6) is 0 Å². The summed E-state index contributed by atoms with van der Waals surface area (Å²) in [4.78, 5) is 0.586. The van der Waals surface area contributed by atoms with E-state index in [-0.39, 0.29) is 5.82 Å². The number of oxime groups is 1. The van der Waals surface area contributed by atoms with Crippen molar-refractivity contribution in [3.8, 4) is 0 Å². The Morgan fingerprint density at radius 3 is 2.56 bits per heavy atom. The summed E-state index contributed by atoms with van der Waals surface area (Å²) in [5.74, 6) is -0.210. The van der Waals surface area contributed by atoms with E-state index in [0.29, 0.717) is 22.6 Å². The molecule has 0 spiro atoms. The molecule has 0 unspecified atom stereocenters. The molecule has 0 saturated heterocycles. The van der Waals surface area contributed by atoms with E-state index in [2.05, 4.69) is 21.1 Å². The minimum Gasteiger partial charge on any atom is -0.411 e. The summed E-state index contributed by atoms with van der Waals surface area (Å²) in [5.41, 5.74) is 1.87. The molecule has 0 radical (unpaired) electrons. The number of hydrogen-bond acceptors (Lipinski definition) is 3. The maximum Gasteiger partial charge on any atom is 0.140 e. The molecule has 1 aromatic carbocycles. The highest BCUT2D eigenvalue weighted by Gasteiger charge is 2.13. The fourth-order valence-corrected chi connectivity index (χ4v) is 2.76. The molecule has 1 heterocycles. The Labute approximate surface area is 117 Å². The Bertz CT molecular complexity index is 577. The lowest BCUT2D eigenvalue weighted by atomic mass is 10.1. The van der Waals surface area contributed by atoms with Crippen molar-refractivity contribution in [3.63, 3.8) is 0 Å². The van der Waals surface area contributed by atoms with Gasteiger partial charge in [0.05, 0.1) is 5.71 Å². The Morgan fingerprint density at radius 1 is 1.39 bits per heavy atom. The van der Waals surface area contributed by atoms with Crippen LogP contribution in [-0.4, -0.2) is 10.9 Å². The number of benzene rings is 1. The molecule has 0 amide bonds. The fraction of sp³-hybridized carbons (Fsp3) is 0.154. The van der Waals surface area contributed by atoms with Gasteiger partial charge in [-0.15, -0.1) is 11.3 Å². The fourth-order valence-electron chi connectivity index (χ4n) is 1.59. The molecule has 0 bridgehead atoms. The van der Waals surface area contributed by atoms with Crippen molar-refractivity contribution in [2.45, 2.75) is 13.3 Å². The van der Waals surface area contributed by atoms with Gasteiger partial charge < -0.3 is 5.21 Å². The van der Waals surface area contributed by atoms with Crippen molar-refractivity contribution >= 4 is 33.0 Å². The van der Waals surface area contributed by atoms with Crippen molar-refractivity contribution in [1.29, 1.82) is 0 Å². The van der Waals surface area contributed by atoms with Crippen LogP contribution in [0, 0.1) is 12.7 Å². The summed E-state index contributed by atoms with van der Waals surface area (Å²) < 4.78 is 14.7. The highest BCUT2D eigenvalue weighted by molar-refractivity contribution is 9.10. The zero-order chi connectivity index (χ0) is 13.1. The van der Waals surface area contributed by atoms with E-state index in [9.17, 15) is 4.39 Å². The molecule has 0 fully saturated rings. The smallest absolute Gasteiger partial charge is 0.140 e. The predicted molar refractivity (Wildman–Crippen MR) is 75.2 cm³/mol. The molecule has 2 aromatic rings. The largest absolute Gasteiger partial charge is 0.411 e. The molecular weight excluding hydrogens is 317 g/mol. The maximum atomic E-state index is 13.7. The third-order valence-electron chi connectivity index (χ3n) is 2.60. The third-order valence-corrected chi connectivity index (χ3v) is 4.20. The molecule has 18 heavy (non-hydrogen) atoms. The van der Waals surface area contributed by atoms with Crippen molar-refractivity contribution in [2.75, 3.05) is 0 Å². The second-order valence-corrected chi connectivity index (χ2v) is 5.77. The Kier molecular flexibility index (Phi) is 4.14. The first-order valence-electron chi connectivity index (χ1n) is 5.31. The van der Waals surface area contributed by atoms with Gasteiger partial charge in [0.15, 0.2) is 0 Å². The highest BCUT2D eigenvalue weighted by Crippen LogP contribution is 2.22. The molecule has 1 N–H and O–H groups in total. The molecule has 0 atom stereocenters. The number of aryl methyl sites for hydroxylation is 1. The van der Waals surface area contributed by atoms with Crippen LogP contribution < -0.4 is 0 Å². The molecule has 0 aliphatic rings. The normalized spacial score (nSPS) is 11.8. The lowest BCUT2D eigenvalue weighted by Gasteiger charge is -2.03. The molecule has 0 saturated carbocycles. The minimum atomic E-state index is -0.210. The summed E-state index contributed by atoms with van der Waals surface area (Å²) in [5, 5.41) is 14.1. The standard InChI is InChI=1S/C13H11BrFNOS/c1-8-7-18-12(13(8)15)6-11(16-17)9-2-4-10(14)5-3-9/h2-5,7,17H,6H2,1H3. The second-order valence-electron chi connectivity index (χ2n) is 3.89. The van der Waals surface area contributed by atoms with Gasteiger partial charge in [-0.3, -0.25) is 0 Å². The van der Waals surface area contributed by atoms with Crippen molar-refractivity contribution in [1.82, 2.24) is 0 Å². The topological polar surface area (TPSA) is 32.6 Å². The van der Waals surface area contributed by atoms with Crippen LogP contribution in [0.25, 0.3) is 0 Å². The first-order chi connectivity index (χ1) is 8.61. The van der Waals surface area contributed by atoms with Crippen LogP contribution in [0.3, 0.4) is 0 Å². The van der Waals surface area contributed by atoms with Gasteiger partial charge in [-0.2, -0.15) is 0 Å². The first-order valence-corrected chi connectivity index (χ1v) is 6.98. The molecule has 1 aromatic heterocycles. The monoisotopic (exact) mass is 327 g/mol. The van der Waals surface area contributed by atoms with E-state index in [1.807, 2.05) is 24.3 Å². The summed E-state index contributed by atoms with van der Waals surface area (Å²) in [6.07, 6.45) is 0.294. The van der Waals surface area contributed by atoms with E-state index in [1.54, 1.807) is 12.3 Å². The quantitative estimate of drug-likeness (QED) is 0.506. The number of thiophene rings is 1. The lowest BCUT2D eigenvalue weighted by Crippen LogP contribution is -2.05. The van der Waals surface area contributed by atoms with E-state index in [4.69, 9.17) is 5.21 Å². The van der Waals surface area contributed by atoms with Crippen LogP contribution in [0.15, 0.2) is 39.3 Å². The Morgan fingerprint density at radius 2 is 2.06 bits per heavy atom. The van der Waals surface area contributed by atoms with Crippen LogP contribution in [-0.2, 0) is 6.42 Å². The van der Waals surface area contributed by atoms with Gasteiger partial charge >= 0.3 is 0 Å². The van der Waals surface area contributed by atoms with Gasteiger partial charge in [0.25, 0.3) is 0 Å². The van der Waals surface area contributed by atoms with Gasteiger partial charge in [-0.05, 0) is 35.6 Å². The van der Waals surface area contributed by atoms with Crippen molar-refractivity contribution < 1.29 is 9.60 Å². The summed E-state index contributed by atoms with van der Waals surface area (Å²) in [7, 11) is 0. The van der Waals surface area contributed by atoms with Crippen LogP contribution in [0.2, 0.25) is 0 Å². The second kappa shape index (κ2) is 5.63. The molecule has 2 nitrogen and oxygen atoms in total. The summed E-state index contributed by atoms with van der Waals surface area (Å²) >= 11 is 4.68. The zero-order valence-electron chi connectivity index (χ0n) is 9.65. The van der Waals surface area contributed by atoms with Crippen LogP contribution in [0.4, 0.5) is 4.39 Å². The SMILES string of the molecule is Cc1csc(CC(=NO)c2ccc(Br)cc2)c1F. The molecule has 5 heteroatoms. The van der Waals surface area contributed by atoms with Gasteiger partial charge in [0.2, 0.25) is 0 Å². The third kappa shape index (κ3) is 2.79. The van der Waals surface area contributed by atoms with Crippen LogP contribution in [0.1, 0.15) is 16.0 Å². The van der Waals surface area contributed by atoms with E-state index < -0.39 is 0 Å². The zero-order valence-corrected chi connectivity index (χ0v) is 12.1. The summed E-state index contributed by atoms with van der Waals surface area (Å²) in [6, 6.07) is 7.38. The lowest BCUT2D eigenvalue weighted by molar-refractivity contribution is 0.318. The van der Waals surface area contributed by atoms with E-state index >= 15 is 0 Å². The molecule has 0 aliphatic carbocycles. The van der Waals surface area contributed by atoms with E-state index in [1.165, 1.54) is 11.3 Å². The average Bonchev–Trinajstić information content (AvgIpc) is 2.69. The molecule has 0 aliphatic heterocycles. The van der Waals surface area contributed by atoms with Crippen molar-refractivity contribution in [3.05, 3.63) is 55.9 Å². The molecule has 2 rings (SSSR count). The van der Waals surface area contributed by atoms with Crippen LogP contribution >= 0.6 is 27.3 Å². The molecule has 94 valence electrons. The average molecular weight is 328 g/mol. The van der Waals surface area contributed by atoms with Gasteiger partial charge in [-0.1, -0.05) is 33.2 Å². The number of halogens is 2.